The van der Waals surface area contributed by atoms with Gasteiger partial charge in [0.2, 0.25) is 0 Å². The molecule has 1 heterocycles. The summed E-state index contributed by atoms with van der Waals surface area (Å²) in [5.74, 6) is 1.30. The molecule has 62 valence electrons. The van der Waals surface area contributed by atoms with E-state index >= 15 is 0 Å². The van der Waals surface area contributed by atoms with Crippen molar-refractivity contribution in [1.29, 1.82) is 0 Å². The summed E-state index contributed by atoms with van der Waals surface area (Å²) in [5, 5.41) is 0. The fourth-order valence-electron chi connectivity index (χ4n) is 1.01. The van der Waals surface area contributed by atoms with Crippen LogP contribution in [0.3, 0.4) is 0 Å². The number of rotatable bonds is 0. The maximum Gasteiger partial charge on any atom is 0.0887 e. The van der Waals surface area contributed by atoms with Crippen LogP contribution in [0.15, 0.2) is 17.3 Å². The number of nitrogens with zero attached hydrogens (tertiary/aromatic N) is 2. The van der Waals surface area contributed by atoms with Crippen LogP contribution in [0.4, 0.5) is 0 Å². The molecule has 0 aromatic heterocycles. The molecule has 2 heteroatoms. The van der Waals surface area contributed by atoms with Crippen LogP contribution in [-0.2, 0) is 0 Å². The molecule has 0 aromatic carbocycles. The minimum absolute atomic E-state index is 0.634. The third-order valence-electron chi connectivity index (χ3n) is 2.18. The van der Waals surface area contributed by atoms with Gasteiger partial charge in [-0.3, -0.25) is 4.99 Å². The highest BCUT2D eigenvalue weighted by Gasteiger charge is 2.09. The highest BCUT2D eigenvalue weighted by Crippen LogP contribution is 2.13. The number of hydrogen-bond donors (Lipinski definition) is 0. The van der Waals surface area contributed by atoms with Crippen molar-refractivity contribution in [3.63, 3.8) is 0 Å². The van der Waals surface area contributed by atoms with E-state index in [0.29, 0.717) is 11.8 Å². The van der Waals surface area contributed by atoms with Crippen LogP contribution in [0, 0.1) is 11.8 Å². The molecule has 2 unspecified atom stereocenters. The van der Waals surface area contributed by atoms with E-state index in [4.69, 9.17) is 0 Å². The molecule has 0 radical (unpaired) electrons. The molecule has 0 fully saturated rings. The molecule has 0 saturated heterocycles. The molecule has 1 aliphatic heterocycles. The van der Waals surface area contributed by atoms with E-state index in [9.17, 15) is 0 Å². The summed E-state index contributed by atoms with van der Waals surface area (Å²) in [4.78, 5) is 6.28. The Kier molecular flexibility index (Phi) is 2.69. The first-order valence-electron chi connectivity index (χ1n) is 4.10. The van der Waals surface area contributed by atoms with E-state index < -0.39 is 0 Å². The quantitative estimate of drug-likeness (QED) is 0.516. The van der Waals surface area contributed by atoms with Gasteiger partial charge in [-0.15, -0.1) is 0 Å². The molecule has 0 aliphatic carbocycles. The Balaban J connectivity index is 2.62. The second-order valence-corrected chi connectivity index (χ2v) is 3.32. The Morgan fingerprint density at radius 2 is 2.18 bits per heavy atom. The molecule has 1 rings (SSSR count). The number of hydrogen-bond acceptors (Lipinski definition) is 2. The van der Waals surface area contributed by atoms with Gasteiger partial charge in [0.25, 0.3) is 0 Å². The summed E-state index contributed by atoms with van der Waals surface area (Å²) in [5.41, 5.74) is 0. The largest absolute Gasteiger partial charge is 0.343 e. The van der Waals surface area contributed by atoms with Crippen LogP contribution >= 0.6 is 0 Å². The van der Waals surface area contributed by atoms with Crippen molar-refractivity contribution < 1.29 is 0 Å². The van der Waals surface area contributed by atoms with Crippen LogP contribution in [-0.4, -0.2) is 24.8 Å². The minimum Gasteiger partial charge on any atom is -0.343 e. The number of allylic oxidation sites excluding steroid dienone is 1. The summed E-state index contributed by atoms with van der Waals surface area (Å²) in [6.45, 7) is 5.41. The lowest BCUT2D eigenvalue weighted by molar-refractivity contribution is 0.459. The zero-order valence-electron chi connectivity index (χ0n) is 7.49. The van der Waals surface area contributed by atoms with Gasteiger partial charge in [0.05, 0.1) is 6.34 Å². The standard InChI is InChI=1S/C9H16N2/c1-8-4-5-11(3)7-10-6-9(8)2/h4-5,7-9H,6H2,1-3H3. The smallest absolute Gasteiger partial charge is 0.0887 e. The van der Waals surface area contributed by atoms with Crippen LogP contribution in [0.25, 0.3) is 0 Å². The maximum absolute atomic E-state index is 4.29. The van der Waals surface area contributed by atoms with E-state index in [1.165, 1.54) is 0 Å². The predicted octanol–water partition coefficient (Wildman–Crippen LogP) is 1.75. The van der Waals surface area contributed by atoms with Crippen LogP contribution < -0.4 is 0 Å². The second kappa shape index (κ2) is 3.56. The second-order valence-electron chi connectivity index (χ2n) is 3.32. The first-order chi connectivity index (χ1) is 5.20. The van der Waals surface area contributed by atoms with Crippen molar-refractivity contribution >= 4 is 6.34 Å². The van der Waals surface area contributed by atoms with Gasteiger partial charge < -0.3 is 4.90 Å². The van der Waals surface area contributed by atoms with Gasteiger partial charge in [-0.1, -0.05) is 19.9 Å². The van der Waals surface area contributed by atoms with E-state index in [-0.39, 0.29) is 0 Å². The van der Waals surface area contributed by atoms with Crippen LogP contribution in [0.5, 0.6) is 0 Å². The van der Waals surface area contributed by atoms with Gasteiger partial charge in [-0.2, -0.15) is 0 Å². The van der Waals surface area contributed by atoms with Gasteiger partial charge in [0.1, 0.15) is 0 Å². The summed E-state index contributed by atoms with van der Waals surface area (Å²) in [7, 11) is 2.00. The van der Waals surface area contributed by atoms with Crippen LogP contribution in [0.2, 0.25) is 0 Å². The Morgan fingerprint density at radius 1 is 1.45 bits per heavy atom. The number of aliphatic imine (C=N–C) groups is 1. The van der Waals surface area contributed by atoms with E-state index in [2.05, 4.69) is 31.1 Å². The van der Waals surface area contributed by atoms with Crippen molar-refractivity contribution in [2.75, 3.05) is 13.6 Å². The summed E-state index contributed by atoms with van der Waals surface area (Å²) in [6.07, 6.45) is 6.18. The average molecular weight is 152 g/mol. The van der Waals surface area contributed by atoms with Gasteiger partial charge in [-0.05, 0) is 11.8 Å². The fraction of sp³-hybridized carbons (Fsp3) is 0.667. The lowest BCUT2D eigenvalue weighted by Crippen LogP contribution is -2.16. The van der Waals surface area contributed by atoms with Crippen molar-refractivity contribution in [2.24, 2.45) is 16.8 Å². The van der Waals surface area contributed by atoms with E-state index in [1.807, 2.05) is 18.3 Å². The molecule has 0 aromatic rings. The molecule has 0 bridgehead atoms. The van der Waals surface area contributed by atoms with Gasteiger partial charge in [0, 0.05) is 19.8 Å². The Bertz CT molecular complexity index is 172. The average Bonchev–Trinajstić information content (AvgIpc) is 1.98. The lowest BCUT2D eigenvalue weighted by atomic mass is 9.96. The lowest BCUT2D eigenvalue weighted by Gasteiger charge is -2.18. The van der Waals surface area contributed by atoms with Gasteiger partial charge in [-0.25, -0.2) is 0 Å². The first-order valence-corrected chi connectivity index (χ1v) is 4.10. The van der Waals surface area contributed by atoms with Gasteiger partial charge >= 0.3 is 0 Å². The molecule has 0 amide bonds. The highest BCUT2D eigenvalue weighted by molar-refractivity contribution is 5.56. The molecule has 1 aliphatic rings. The molecule has 2 nitrogen and oxygen atoms in total. The molecule has 11 heavy (non-hydrogen) atoms. The normalized spacial score (nSPS) is 31.7. The fourth-order valence-corrected chi connectivity index (χ4v) is 1.01. The van der Waals surface area contributed by atoms with Crippen molar-refractivity contribution in [3.8, 4) is 0 Å². The zero-order valence-corrected chi connectivity index (χ0v) is 7.49. The molecule has 0 spiro atoms. The Hall–Kier alpha value is -0.790. The van der Waals surface area contributed by atoms with Gasteiger partial charge in [0.15, 0.2) is 0 Å². The van der Waals surface area contributed by atoms with Crippen molar-refractivity contribution in [3.05, 3.63) is 12.3 Å². The minimum atomic E-state index is 0.634. The Morgan fingerprint density at radius 3 is 2.91 bits per heavy atom. The molecule has 0 N–H and O–H groups in total. The van der Waals surface area contributed by atoms with Crippen molar-refractivity contribution in [2.45, 2.75) is 13.8 Å². The molecular formula is C9H16N2. The predicted molar refractivity (Wildman–Crippen MR) is 48.6 cm³/mol. The molecule has 0 saturated carbocycles. The summed E-state index contributed by atoms with van der Waals surface area (Å²) >= 11 is 0. The summed E-state index contributed by atoms with van der Waals surface area (Å²) in [6, 6.07) is 0. The Labute approximate surface area is 68.6 Å². The first kappa shape index (κ1) is 8.31. The van der Waals surface area contributed by atoms with Crippen LogP contribution in [0.1, 0.15) is 13.8 Å². The van der Waals surface area contributed by atoms with E-state index in [1.54, 1.807) is 0 Å². The van der Waals surface area contributed by atoms with E-state index in [0.717, 1.165) is 6.54 Å². The molecule has 2 atom stereocenters. The molecular weight excluding hydrogens is 136 g/mol. The topological polar surface area (TPSA) is 15.6 Å². The van der Waals surface area contributed by atoms with Crippen molar-refractivity contribution in [1.82, 2.24) is 4.90 Å². The zero-order chi connectivity index (χ0) is 8.27. The summed E-state index contributed by atoms with van der Waals surface area (Å²) < 4.78 is 0. The SMILES string of the molecule is CC1C=CN(C)C=NCC1C. The third-order valence-corrected chi connectivity index (χ3v) is 2.18. The highest BCUT2D eigenvalue weighted by atomic mass is 15.1. The maximum atomic E-state index is 4.29. The third kappa shape index (κ3) is 2.37. The monoisotopic (exact) mass is 152 g/mol.